The number of rotatable bonds is 4. The molecule has 2 aromatic heterocycles. The number of hydrogen-bond acceptors (Lipinski definition) is 4. The van der Waals surface area contributed by atoms with Crippen molar-refractivity contribution in [3.63, 3.8) is 0 Å². The summed E-state index contributed by atoms with van der Waals surface area (Å²) in [5.41, 5.74) is 1.53. The molecular weight excluding hydrogens is 297 g/mol. The lowest BCUT2D eigenvalue weighted by atomic mass is 10.3. The van der Waals surface area contributed by atoms with Crippen LogP contribution in [0.1, 0.15) is 22.0 Å². The van der Waals surface area contributed by atoms with Crippen LogP contribution in [0.5, 0.6) is 0 Å². The third-order valence-corrected chi connectivity index (χ3v) is 3.22. The van der Waals surface area contributed by atoms with E-state index in [4.69, 9.17) is 0 Å². The number of hydrogen-bond donors (Lipinski definition) is 1. The Balaban J connectivity index is 1.75. The van der Waals surface area contributed by atoms with Crippen molar-refractivity contribution in [2.24, 2.45) is 0 Å². The summed E-state index contributed by atoms with van der Waals surface area (Å²) < 4.78 is 14.5. The van der Waals surface area contributed by atoms with Gasteiger partial charge in [-0.2, -0.15) is 0 Å². The smallest absolute Gasteiger partial charge is 0.291 e. The molecule has 0 spiro atoms. The number of pyridine rings is 1. The number of nitrogens with zero attached hydrogens (tertiary/aromatic N) is 4. The SMILES string of the molecule is Cc1nc(C(=O)NCc2cccnc2)nn1-c1ccc(F)cc1. The van der Waals surface area contributed by atoms with Gasteiger partial charge in [-0.15, -0.1) is 5.10 Å². The van der Waals surface area contributed by atoms with Crippen LogP contribution in [0.15, 0.2) is 48.8 Å². The Labute approximate surface area is 132 Å². The molecule has 0 saturated carbocycles. The minimum Gasteiger partial charge on any atom is -0.345 e. The van der Waals surface area contributed by atoms with Gasteiger partial charge in [-0.05, 0) is 42.8 Å². The van der Waals surface area contributed by atoms with E-state index in [1.165, 1.54) is 16.8 Å². The van der Waals surface area contributed by atoms with Crippen molar-refractivity contribution in [1.29, 1.82) is 0 Å². The maximum Gasteiger partial charge on any atom is 0.291 e. The molecule has 0 aliphatic rings. The van der Waals surface area contributed by atoms with Crippen molar-refractivity contribution in [3.05, 3.63) is 71.8 Å². The monoisotopic (exact) mass is 311 g/mol. The van der Waals surface area contributed by atoms with Gasteiger partial charge >= 0.3 is 0 Å². The Kier molecular flexibility index (Phi) is 4.09. The zero-order valence-corrected chi connectivity index (χ0v) is 12.4. The molecule has 0 atom stereocenters. The van der Waals surface area contributed by atoms with Gasteiger partial charge in [0.05, 0.1) is 5.69 Å². The summed E-state index contributed by atoms with van der Waals surface area (Å²) in [5.74, 6) is -0.0994. The second-order valence-electron chi connectivity index (χ2n) is 4.91. The second kappa shape index (κ2) is 6.35. The summed E-state index contributed by atoms with van der Waals surface area (Å²) in [6, 6.07) is 9.48. The Morgan fingerprint density at radius 2 is 2.04 bits per heavy atom. The third kappa shape index (κ3) is 3.39. The van der Waals surface area contributed by atoms with Crippen molar-refractivity contribution < 1.29 is 9.18 Å². The number of aryl methyl sites for hydroxylation is 1. The highest BCUT2D eigenvalue weighted by molar-refractivity contribution is 5.90. The number of aromatic nitrogens is 4. The molecule has 6 nitrogen and oxygen atoms in total. The van der Waals surface area contributed by atoms with E-state index in [0.29, 0.717) is 18.1 Å². The molecule has 1 amide bonds. The summed E-state index contributed by atoms with van der Waals surface area (Å²) in [7, 11) is 0. The lowest BCUT2D eigenvalue weighted by Gasteiger charge is -2.02. The van der Waals surface area contributed by atoms with Gasteiger partial charge in [0.2, 0.25) is 5.82 Å². The molecule has 0 aliphatic carbocycles. The molecule has 1 N–H and O–H groups in total. The summed E-state index contributed by atoms with van der Waals surface area (Å²) in [6.07, 6.45) is 3.34. The normalized spacial score (nSPS) is 10.5. The highest BCUT2D eigenvalue weighted by Crippen LogP contribution is 2.10. The van der Waals surface area contributed by atoms with Crippen molar-refractivity contribution in [3.8, 4) is 5.69 Å². The van der Waals surface area contributed by atoms with Gasteiger partial charge in [0.15, 0.2) is 0 Å². The van der Waals surface area contributed by atoms with Crippen molar-refractivity contribution in [2.75, 3.05) is 0 Å². The average molecular weight is 311 g/mol. The van der Waals surface area contributed by atoms with E-state index < -0.39 is 0 Å². The fraction of sp³-hybridized carbons (Fsp3) is 0.125. The molecule has 1 aromatic carbocycles. The standard InChI is InChI=1S/C16H14FN5O/c1-11-20-15(16(23)19-10-12-3-2-8-18-9-12)21-22(11)14-6-4-13(17)5-7-14/h2-9H,10H2,1H3,(H,19,23). The van der Waals surface area contributed by atoms with E-state index in [-0.39, 0.29) is 17.5 Å². The van der Waals surface area contributed by atoms with Crippen LogP contribution in [0.25, 0.3) is 5.69 Å². The summed E-state index contributed by atoms with van der Waals surface area (Å²) in [6.45, 7) is 2.07. The van der Waals surface area contributed by atoms with E-state index >= 15 is 0 Å². The number of benzene rings is 1. The Bertz CT molecular complexity index is 814. The molecule has 0 fully saturated rings. The fourth-order valence-corrected chi connectivity index (χ4v) is 2.08. The van der Waals surface area contributed by atoms with Crippen molar-refractivity contribution >= 4 is 5.91 Å². The van der Waals surface area contributed by atoms with E-state index in [2.05, 4.69) is 20.4 Å². The minimum absolute atomic E-state index is 0.0655. The lowest BCUT2D eigenvalue weighted by Crippen LogP contribution is -2.24. The predicted octanol–water partition coefficient (Wildman–Crippen LogP) is 2.04. The molecule has 3 rings (SSSR count). The molecule has 3 aromatic rings. The van der Waals surface area contributed by atoms with Crippen LogP contribution in [0, 0.1) is 12.7 Å². The first kappa shape index (κ1) is 14.8. The highest BCUT2D eigenvalue weighted by atomic mass is 19.1. The molecule has 0 radical (unpaired) electrons. The van der Waals surface area contributed by atoms with Crippen LogP contribution in [0.2, 0.25) is 0 Å². The van der Waals surface area contributed by atoms with E-state index in [0.717, 1.165) is 5.56 Å². The highest BCUT2D eigenvalue weighted by Gasteiger charge is 2.15. The fourth-order valence-electron chi connectivity index (χ4n) is 2.08. The number of amides is 1. The Morgan fingerprint density at radius 3 is 2.74 bits per heavy atom. The summed E-state index contributed by atoms with van der Waals surface area (Å²) in [5, 5.41) is 6.92. The molecule has 116 valence electrons. The maximum atomic E-state index is 13.0. The topological polar surface area (TPSA) is 72.7 Å². The lowest BCUT2D eigenvalue weighted by molar-refractivity contribution is 0.0940. The number of halogens is 1. The van der Waals surface area contributed by atoms with Gasteiger partial charge in [-0.25, -0.2) is 14.1 Å². The van der Waals surface area contributed by atoms with Gasteiger partial charge in [-0.1, -0.05) is 6.07 Å². The van der Waals surface area contributed by atoms with Gasteiger partial charge in [0.1, 0.15) is 11.6 Å². The summed E-state index contributed by atoms with van der Waals surface area (Å²) in [4.78, 5) is 20.3. The van der Waals surface area contributed by atoms with E-state index in [1.807, 2.05) is 6.07 Å². The zero-order valence-electron chi connectivity index (χ0n) is 12.4. The van der Waals surface area contributed by atoms with Crippen molar-refractivity contribution in [2.45, 2.75) is 13.5 Å². The van der Waals surface area contributed by atoms with Crippen LogP contribution in [-0.4, -0.2) is 25.7 Å². The van der Waals surface area contributed by atoms with E-state index in [9.17, 15) is 9.18 Å². The molecule has 0 saturated heterocycles. The third-order valence-electron chi connectivity index (χ3n) is 3.22. The Morgan fingerprint density at radius 1 is 1.26 bits per heavy atom. The molecule has 23 heavy (non-hydrogen) atoms. The number of carbonyl (C=O) groups is 1. The van der Waals surface area contributed by atoms with Gasteiger partial charge < -0.3 is 5.32 Å². The van der Waals surface area contributed by atoms with Gasteiger partial charge in [-0.3, -0.25) is 9.78 Å². The number of carbonyl (C=O) groups excluding carboxylic acids is 1. The first-order valence-corrected chi connectivity index (χ1v) is 7.00. The van der Waals surface area contributed by atoms with E-state index in [1.54, 1.807) is 37.5 Å². The molecule has 2 heterocycles. The molecular formula is C16H14FN5O. The van der Waals surface area contributed by atoms with Crippen LogP contribution in [-0.2, 0) is 6.54 Å². The van der Waals surface area contributed by atoms with Crippen LogP contribution in [0.4, 0.5) is 4.39 Å². The van der Waals surface area contributed by atoms with Gasteiger partial charge in [0, 0.05) is 18.9 Å². The van der Waals surface area contributed by atoms with Crippen LogP contribution < -0.4 is 5.32 Å². The second-order valence-corrected chi connectivity index (χ2v) is 4.91. The molecule has 7 heteroatoms. The zero-order chi connectivity index (χ0) is 16.2. The predicted molar refractivity (Wildman–Crippen MR) is 81.5 cm³/mol. The molecule has 0 bridgehead atoms. The summed E-state index contributed by atoms with van der Waals surface area (Å²) >= 11 is 0. The average Bonchev–Trinajstić information content (AvgIpc) is 2.96. The largest absolute Gasteiger partial charge is 0.345 e. The molecule has 0 aliphatic heterocycles. The Hall–Kier alpha value is -3.09. The quantitative estimate of drug-likeness (QED) is 0.800. The maximum absolute atomic E-state index is 13.0. The number of nitrogens with one attached hydrogen (secondary N) is 1. The first-order valence-electron chi connectivity index (χ1n) is 7.00. The van der Waals surface area contributed by atoms with Crippen LogP contribution >= 0.6 is 0 Å². The first-order chi connectivity index (χ1) is 11.1. The minimum atomic E-state index is -0.377. The van der Waals surface area contributed by atoms with Crippen molar-refractivity contribution in [1.82, 2.24) is 25.1 Å². The van der Waals surface area contributed by atoms with Gasteiger partial charge in [0.25, 0.3) is 5.91 Å². The van der Waals surface area contributed by atoms with Crippen LogP contribution in [0.3, 0.4) is 0 Å². The molecule has 0 unspecified atom stereocenters.